The summed E-state index contributed by atoms with van der Waals surface area (Å²) in [6.45, 7) is 2.72. The van der Waals surface area contributed by atoms with E-state index in [1.807, 2.05) is 24.5 Å². The van der Waals surface area contributed by atoms with Crippen LogP contribution >= 0.6 is 11.8 Å². The first-order valence-electron chi connectivity index (χ1n) is 5.80. The first-order chi connectivity index (χ1) is 8.26. The van der Waals surface area contributed by atoms with Gasteiger partial charge >= 0.3 is 0 Å². The molecule has 0 saturated carbocycles. The van der Waals surface area contributed by atoms with Crippen molar-refractivity contribution in [3.8, 4) is 6.07 Å². The van der Waals surface area contributed by atoms with Gasteiger partial charge in [0.05, 0.1) is 11.3 Å². The highest BCUT2D eigenvalue weighted by Gasteiger charge is 2.11. The van der Waals surface area contributed by atoms with E-state index in [1.165, 1.54) is 0 Å². The lowest BCUT2D eigenvalue weighted by molar-refractivity contribution is 0.648. The van der Waals surface area contributed by atoms with E-state index in [1.54, 1.807) is 11.8 Å². The molecule has 0 amide bonds. The third-order valence-electron chi connectivity index (χ3n) is 2.64. The van der Waals surface area contributed by atoms with E-state index in [-0.39, 0.29) is 6.04 Å². The molecular weight excluding hydrogens is 230 g/mol. The molecule has 0 aliphatic rings. The average Bonchev–Trinajstić information content (AvgIpc) is 2.37. The molecule has 92 valence electrons. The molecule has 1 atom stereocenters. The highest BCUT2D eigenvalue weighted by Crippen LogP contribution is 2.26. The quantitative estimate of drug-likeness (QED) is 0.761. The number of nitriles is 1. The van der Waals surface area contributed by atoms with Gasteiger partial charge in [-0.05, 0) is 24.8 Å². The van der Waals surface area contributed by atoms with Crippen LogP contribution < -0.4 is 11.1 Å². The Kier molecular flexibility index (Phi) is 5.88. The van der Waals surface area contributed by atoms with Gasteiger partial charge in [0, 0.05) is 17.5 Å². The SMILES string of the molecule is CCCC(CN)Nc1cccc(SC)c1C#N. The summed E-state index contributed by atoms with van der Waals surface area (Å²) in [5.41, 5.74) is 7.33. The Bertz CT molecular complexity index is 398. The second-order valence-electron chi connectivity index (χ2n) is 3.86. The number of rotatable bonds is 6. The van der Waals surface area contributed by atoms with Crippen molar-refractivity contribution < 1.29 is 0 Å². The molecule has 0 heterocycles. The molecule has 0 fully saturated rings. The topological polar surface area (TPSA) is 61.8 Å². The van der Waals surface area contributed by atoms with Crippen LogP contribution in [-0.4, -0.2) is 18.8 Å². The molecule has 0 aliphatic heterocycles. The van der Waals surface area contributed by atoms with Gasteiger partial charge < -0.3 is 11.1 Å². The normalized spacial score (nSPS) is 11.9. The molecular formula is C13H19N3S. The fourth-order valence-electron chi connectivity index (χ4n) is 1.75. The van der Waals surface area contributed by atoms with Crippen molar-refractivity contribution in [2.24, 2.45) is 5.73 Å². The van der Waals surface area contributed by atoms with E-state index in [0.717, 1.165) is 29.0 Å². The van der Waals surface area contributed by atoms with Gasteiger partial charge in [0.15, 0.2) is 0 Å². The first kappa shape index (κ1) is 13.9. The summed E-state index contributed by atoms with van der Waals surface area (Å²) in [5, 5.41) is 12.6. The Morgan fingerprint density at radius 1 is 1.53 bits per heavy atom. The molecule has 0 spiro atoms. The van der Waals surface area contributed by atoms with Crippen LogP contribution in [0.2, 0.25) is 0 Å². The number of nitrogens with two attached hydrogens (primary N) is 1. The van der Waals surface area contributed by atoms with Gasteiger partial charge in [-0.25, -0.2) is 0 Å². The second kappa shape index (κ2) is 7.21. The van der Waals surface area contributed by atoms with Crippen LogP contribution in [0.25, 0.3) is 0 Å². The fourth-order valence-corrected chi connectivity index (χ4v) is 2.33. The maximum atomic E-state index is 9.21. The van der Waals surface area contributed by atoms with Gasteiger partial charge in [0.25, 0.3) is 0 Å². The maximum Gasteiger partial charge on any atom is 0.102 e. The molecule has 4 heteroatoms. The maximum absolute atomic E-state index is 9.21. The summed E-state index contributed by atoms with van der Waals surface area (Å²) in [6.07, 6.45) is 4.08. The number of nitrogens with zero attached hydrogens (tertiary/aromatic N) is 1. The average molecular weight is 249 g/mol. The molecule has 0 aromatic heterocycles. The molecule has 1 rings (SSSR count). The summed E-state index contributed by atoms with van der Waals surface area (Å²) >= 11 is 1.59. The predicted octanol–water partition coefficient (Wildman–Crippen LogP) is 2.82. The van der Waals surface area contributed by atoms with Crippen molar-refractivity contribution in [1.29, 1.82) is 5.26 Å². The van der Waals surface area contributed by atoms with Crippen LogP contribution in [0.15, 0.2) is 23.1 Å². The van der Waals surface area contributed by atoms with Gasteiger partial charge in [-0.3, -0.25) is 0 Å². The van der Waals surface area contributed by atoms with Crippen LogP contribution in [0.1, 0.15) is 25.3 Å². The monoisotopic (exact) mass is 249 g/mol. The summed E-state index contributed by atoms with van der Waals surface area (Å²) in [6, 6.07) is 8.37. The first-order valence-corrected chi connectivity index (χ1v) is 7.03. The number of anilines is 1. The molecule has 0 bridgehead atoms. The Labute approximate surface area is 107 Å². The molecule has 1 aromatic carbocycles. The van der Waals surface area contributed by atoms with Crippen LogP contribution in [0, 0.1) is 11.3 Å². The third-order valence-corrected chi connectivity index (χ3v) is 3.42. The van der Waals surface area contributed by atoms with E-state index >= 15 is 0 Å². The summed E-state index contributed by atoms with van der Waals surface area (Å²) in [5.74, 6) is 0. The lowest BCUT2D eigenvalue weighted by Crippen LogP contribution is -2.28. The van der Waals surface area contributed by atoms with Crippen LogP contribution in [0.5, 0.6) is 0 Å². The van der Waals surface area contributed by atoms with E-state index in [2.05, 4.69) is 18.3 Å². The van der Waals surface area contributed by atoms with Gasteiger partial charge in [-0.1, -0.05) is 19.4 Å². The van der Waals surface area contributed by atoms with Crippen molar-refractivity contribution in [2.45, 2.75) is 30.7 Å². The minimum atomic E-state index is 0.240. The standard InChI is InChI=1S/C13H19N3S/c1-3-5-10(8-14)16-12-6-4-7-13(17-2)11(12)9-15/h4,6-7,10,16H,3,5,8,14H2,1-2H3. The Morgan fingerprint density at radius 3 is 2.82 bits per heavy atom. The van der Waals surface area contributed by atoms with Crippen molar-refractivity contribution in [1.82, 2.24) is 0 Å². The van der Waals surface area contributed by atoms with Crippen molar-refractivity contribution >= 4 is 17.4 Å². The third kappa shape index (κ3) is 3.65. The molecule has 0 saturated heterocycles. The highest BCUT2D eigenvalue weighted by molar-refractivity contribution is 7.98. The summed E-state index contributed by atoms with van der Waals surface area (Å²) in [4.78, 5) is 1.00. The zero-order chi connectivity index (χ0) is 12.7. The minimum Gasteiger partial charge on any atom is -0.380 e. The zero-order valence-electron chi connectivity index (χ0n) is 10.4. The molecule has 3 N–H and O–H groups in total. The minimum absolute atomic E-state index is 0.240. The smallest absolute Gasteiger partial charge is 0.102 e. The van der Waals surface area contributed by atoms with E-state index in [4.69, 9.17) is 5.73 Å². The molecule has 1 unspecified atom stereocenters. The summed E-state index contributed by atoms with van der Waals surface area (Å²) < 4.78 is 0. The zero-order valence-corrected chi connectivity index (χ0v) is 11.2. The van der Waals surface area contributed by atoms with Crippen LogP contribution in [-0.2, 0) is 0 Å². The van der Waals surface area contributed by atoms with Crippen molar-refractivity contribution in [3.63, 3.8) is 0 Å². The lowest BCUT2D eigenvalue weighted by Gasteiger charge is -2.19. The van der Waals surface area contributed by atoms with Crippen molar-refractivity contribution in [2.75, 3.05) is 18.1 Å². The Hall–Kier alpha value is -1.18. The van der Waals surface area contributed by atoms with E-state index in [0.29, 0.717) is 6.54 Å². The largest absolute Gasteiger partial charge is 0.380 e. The molecule has 17 heavy (non-hydrogen) atoms. The predicted molar refractivity (Wildman–Crippen MR) is 74.3 cm³/mol. The fraction of sp³-hybridized carbons (Fsp3) is 0.462. The molecule has 0 radical (unpaired) electrons. The number of hydrogen-bond acceptors (Lipinski definition) is 4. The van der Waals surface area contributed by atoms with Crippen molar-refractivity contribution in [3.05, 3.63) is 23.8 Å². The summed E-state index contributed by atoms with van der Waals surface area (Å²) in [7, 11) is 0. The Morgan fingerprint density at radius 2 is 2.29 bits per heavy atom. The van der Waals surface area contributed by atoms with E-state index < -0.39 is 0 Å². The van der Waals surface area contributed by atoms with Gasteiger partial charge in [0.2, 0.25) is 0 Å². The number of thioether (sulfide) groups is 1. The van der Waals surface area contributed by atoms with Crippen LogP contribution in [0.3, 0.4) is 0 Å². The van der Waals surface area contributed by atoms with E-state index in [9.17, 15) is 5.26 Å². The van der Waals surface area contributed by atoms with Crippen LogP contribution in [0.4, 0.5) is 5.69 Å². The second-order valence-corrected chi connectivity index (χ2v) is 4.71. The molecule has 3 nitrogen and oxygen atoms in total. The number of nitrogens with one attached hydrogen (secondary N) is 1. The van der Waals surface area contributed by atoms with Gasteiger partial charge in [0.1, 0.15) is 6.07 Å². The number of benzene rings is 1. The lowest BCUT2D eigenvalue weighted by atomic mass is 10.1. The number of hydrogen-bond donors (Lipinski definition) is 2. The van der Waals surface area contributed by atoms with Gasteiger partial charge in [-0.15, -0.1) is 11.8 Å². The molecule has 1 aromatic rings. The van der Waals surface area contributed by atoms with Gasteiger partial charge in [-0.2, -0.15) is 5.26 Å². The Balaban J connectivity index is 2.94. The highest BCUT2D eigenvalue weighted by atomic mass is 32.2. The molecule has 0 aliphatic carbocycles.